The highest BCUT2D eigenvalue weighted by Crippen LogP contribution is 2.39. The lowest BCUT2D eigenvalue weighted by Crippen LogP contribution is -2.28. The van der Waals surface area contributed by atoms with Crippen LogP contribution in [0.2, 0.25) is 0 Å². The fourth-order valence-electron chi connectivity index (χ4n) is 5.76. The van der Waals surface area contributed by atoms with Gasteiger partial charge in [-0.3, -0.25) is 19.2 Å². The Kier molecular flexibility index (Phi) is 11.5. The van der Waals surface area contributed by atoms with Crippen molar-refractivity contribution >= 4 is 51.7 Å². The summed E-state index contributed by atoms with van der Waals surface area (Å²) in [7, 11) is 0. The van der Waals surface area contributed by atoms with Crippen molar-refractivity contribution in [2.45, 2.75) is 71.8 Å². The summed E-state index contributed by atoms with van der Waals surface area (Å²) in [6.07, 6.45) is 5.38. The molecule has 0 fully saturated rings. The number of rotatable bonds is 14. The van der Waals surface area contributed by atoms with Crippen LogP contribution >= 0.6 is 11.3 Å². The number of hydrogen-bond acceptors (Lipinski definition) is 6. The molecule has 5 N–H and O–H groups in total. The number of anilines is 2. The van der Waals surface area contributed by atoms with E-state index in [-0.39, 0.29) is 42.7 Å². The minimum atomic E-state index is -1.00. The van der Waals surface area contributed by atoms with Crippen LogP contribution in [0.1, 0.15) is 97.7 Å². The molecule has 1 aromatic heterocycles. The number of hydrogen-bond donors (Lipinski definition) is 5. The van der Waals surface area contributed by atoms with E-state index in [1.54, 1.807) is 50.2 Å². The van der Waals surface area contributed by atoms with E-state index >= 15 is 0 Å². The molecule has 0 aliphatic heterocycles. The first-order chi connectivity index (χ1) is 23.9. The Bertz CT molecular complexity index is 1900. The van der Waals surface area contributed by atoms with Gasteiger partial charge in [0, 0.05) is 29.1 Å². The zero-order chi connectivity index (χ0) is 35.8. The number of fused-ring (bicyclic) bond motifs is 1. The third-order valence-electron chi connectivity index (χ3n) is 8.98. The van der Waals surface area contributed by atoms with E-state index in [2.05, 4.69) is 16.0 Å². The fourth-order valence-corrected chi connectivity index (χ4v) is 7.05. The van der Waals surface area contributed by atoms with Crippen LogP contribution < -0.4 is 16.0 Å². The number of amides is 3. The Morgan fingerprint density at radius 3 is 2.08 bits per heavy atom. The van der Waals surface area contributed by atoms with Crippen LogP contribution in [0.15, 0.2) is 72.8 Å². The number of carboxylic acids is 2. The lowest BCUT2D eigenvalue weighted by molar-refractivity contribution is -0.147. The molecular weight excluding hydrogens is 655 g/mol. The molecule has 11 heteroatoms. The summed E-state index contributed by atoms with van der Waals surface area (Å²) in [6, 6.07) is 21.4. The summed E-state index contributed by atoms with van der Waals surface area (Å²) in [5.74, 6) is -2.82. The molecule has 4 aromatic rings. The van der Waals surface area contributed by atoms with Gasteiger partial charge in [-0.15, -0.1) is 11.3 Å². The molecule has 0 atom stereocenters. The Balaban J connectivity index is 1.22. The van der Waals surface area contributed by atoms with Gasteiger partial charge in [-0.2, -0.15) is 0 Å². The molecule has 5 rings (SSSR count). The minimum Gasteiger partial charge on any atom is -0.481 e. The highest BCUT2D eigenvalue weighted by molar-refractivity contribution is 7.17. The first kappa shape index (κ1) is 36.0. The van der Waals surface area contributed by atoms with E-state index < -0.39 is 17.4 Å². The molecule has 0 radical (unpaired) electrons. The minimum absolute atomic E-state index is 0.0734. The number of benzene rings is 3. The van der Waals surface area contributed by atoms with E-state index in [1.807, 2.05) is 36.4 Å². The predicted molar refractivity (Wildman–Crippen MR) is 193 cm³/mol. The molecule has 50 heavy (non-hydrogen) atoms. The van der Waals surface area contributed by atoms with Crippen molar-refractivity contribution in [3.8, 4) is 0 Å². The van der Waals surface area contributed by atoms with Crippen molar-refractivity contribution in [2.75, 3.05) is 10.6 Å². The zero-order valence-electron chi connectivity index (χ0n) is 28.1. The average Bonchev–Trinajstić information content (AvgIpc) is 3.47. The number of aliphatic carboxylic acids is 1. The number of carbonyl (C=O) groups is 5. The SMILES string of the molecule is CC(C)(CCC(=O)NCc1cccc(C(=O)Nc2sc3c(c2C(=O)Nc2ccc(CCc4ccc(C(=O)O)cc4)cc2)CCCC3)c1)C(=O)O. The molecule has 0 unspecified atom stereocenters. The normalized spacial score (nSPS) is 12.4. The second-order valence-corrected chi connectivity index (χ2v) is 14.3. The zero-order valence-corrected chi connectivity index (χ0v) is 29.0. The number of carbonyl (C=O) groups excluding carboxylic acids is 3. The van der Waals surface area contributed by atoms with Crippen molar-refractivity contribution < 1.29 is 34.2 Å². The van der Waals surface area contributed by atoms with Crippen LogP contribution in [0.4, 0.5) is 10.7 Å². The Labute approximate surface area is 294 Å². The molecule has 10 nitrogen and oxygen atoms in total. The molecule has 3 aromatic carbocycles. The van der Waals surface area contributed by atoms with Gasteiger partial charge in [0.15, 0.2) is 0 Å². The quantitative estimate of drug-likeness (QED) is 0.0938. The van der Waals surface area contributed by atoms with Gasteiger partial charge in [0.05, 0.1) is 16.5 Å². The average molecular weight is 696 g/mol. The second-order valence-electron chi connectivity index (χ2n) is 13.2. The standard InChI is InChI=1S/C39H41N3O7S/c1-39(2,38(48)49)21-20-32(43)40-23-26-6-5-7-28(22-26)34(44)42-36-33(30-8-3-4-9-31(30)50-36)35(45)41-29-18-14-25(15-19-29)11-10-24-12-16-27(17-13-24)37(46)47/h5-7,12-19,22H,3-4,8-11,20-21,23H2,1-2H3,(H,40,43)(H,41,45)(H,42,44)(H,46,47)(H,48,49). The monoisotopic (exact) mass is 695 g/mol. The van der Waals surface area contributed by atoms with Gasteiger partial charge in [0.1, 0.15) is 5.00 Å². The summed E-state index contributed by atoms with van der Waals surface area (Å²) < 4.78 is 0. The third-order valence-corrected chi connectivity index (χ3v) is 10.2. The number of carboxylic acid groups (broad SMARTS) is 2. The lowest BCUT2D eigenvalue weighted by atomic mass is 9.88. The topological polar surface area (TPSA) is 162 Å². The van der Waals surface area contributed by atoms with E-state index in [9.17, 15) is 29.1 Å². The molecule has 1 aliphatic carbocycles. The van der Waals surface area contributed by atoms with Crippen LogP contribution in [-0.2, 0) is 41.8 Å². The summed E-state index contributed by atoms with van der Waals surface area (Å²) in [5, 5.41) is 27.7. The maximum Gasteiger partial charge on any atom is 0.335 e. The number of thiophene rings is 1. The fraction of sp³-hybridized carbons (Fsp3) is 0.308. The number of aromatic carboxylic acids is 1. The van der Waals surface area contributed by atoms with E-state index in [0.29, 0.717) is 27.4 Å². The van der Waals surface area contributed by atoms with Crippen molar-refractivity contribution in [2.24, 2.45) is 5.41 Å². The molecule has 260 valence electrons. The molecule has 1 heterocycles. The molecule has 1 aliphatic rings. The summed E-state index contributed by atoms with van der Waals surface area (Å²) >= 11 is 1.44. The first-order valence-electron chi connectivity index (χ1n) is 16.7. The van der Waals surface area contributed by atoms with Gasteiger partial charge >= 0.3 is 11.9 Å². The highest BCUT2D eigenvalue weighted by atomic mass is 32.1. The predicted octanol–water partition coefficient (Wildman–Crippen LogP) is 7.12. The third kappa shape index (κ3) is 9.23. The van der Waals surface area contributed by atoms with Crippen molar-refractivity contribution in [3.63, 3.8) is 0 Å². The van der Waals surface area contributed by atoms with Crippen LogP contribution in [0.25, 0.3) is 0 Å². The van der Waals surface area contributed by atoms with Gasteiger partial charge in [0.2, 0.25) is 5.91 Å². The van der Waals surface area contributed by atoms with E-state index in [1.165, 1.54) is 11.3 Å². The first-order valence-corrected chi connectivity index (χ1v) is 17.5. The Morgan fingerprint density at radius 1 is 0.760 bits per heavy atom. The van der Waals surface area contributed by atoms with Gasteiger partial charge in [-0.1, -0.05) is 36.4 Å². The molecule has 0 spiro atoms. The molecule has 0 saturated heterocycles. The van der Waals surface area contributed by atoms with E-state index in [0.717, 1.165) is 60.1 Å². The smallest absolute Gasteiger partial charge is 0.335 e. The van der Waals surface area contributed by atoms with Gasteiger partial charge in [0.25, 0.3) is 11.8 Å². The molecule has 0 bridgehead atoms. The maximum atomic E-state index is 13.7. The van der Waals surface area contributed by atoms with Crippen LogP contribution in [0, 0.1) is 5.41 Å². The number of aryl methyl sites for hydroxylation is 3. The maximum absolute atomic E-state index is 13.7. The highest BCUT2D eigenvalue weighted by Gasteiger charge is 2.28. The molecular formula is C39H41N3O7S. The van der Waals surface area contributed by atoms with Gasteiger partial charge in [-0.25, -0.2) is 4.79 Å². The van der Waals surface area contributed by atoms with E-state index in [4.69, 9.17) is 5.11 Å². The molecule has 3 amide bonds. The van der Waals surface area contributed by atoms with Crippen molar-refractivity contribution in [1.29, 1.82) is 0 Å². The van der Waals surface area contributed by atoms with Crippen LogP contribution in [0.5, 0.6) is 0 Å². The van der Waals surface area contributed by atoms with Crippen molar-refractivity contribution in [3.05, 3.63) is 117 Å². The van der Waals surface area contributed by atoms with Crippen LogP contribution in [0.3, 0.4) is 0 Å². The summed E-state index contributed by atoms with van der Waals surface area (Å²) in [5.41, 5.74) is 4.57. The van der Waals surface area contributed by atoms with Crippen molar-refractivity contribution in [1.82, 2.24) is 5.32 Å². The Morgan fingerprint density at radius 2 is 1.42 bits per heavy atom. The van der Waals surface area contributed by atoms with Gasteiger partial charge < -0.3 is 26.2 Å². The largest absolute Gasteiger partial charge is 0.481 e. The second kappa shape index (κ2) is 15.9. The number of nitrogens with one attached hydrogen (secondary N) is 3. The molecule has 0 saturated carbocycles. The summed E-state index contributed by atoms with van der Waals surface area (Å²) in [4.78, 5) is 63.1. The van der Waals surface area contributed by atoms with Gasteiger partial charge in [-0.05, 0) is 117 Å². The lowest BCUT2D eigenvalue weighted by Gasteiger charge is -2.18. The summed E-state index contributed by atoms with van der Waals surface area (Å²) in [6.45, 7) is 3.35. The Hall–Kier alpha value is -5.29. The van der Waals surface area contributed by atoms with Crippen LogP contribution in [-0.4, -0.2) is 39.9 Å².